The Morgan fingerprint density at radius 2 is 0.581 bits per heavy atom. The molecule has 0 saturated heterocycles. The molecule has 3 N–H and O–H groups in total. The summed E-state index contributed by atoms with van der Waals surface area (Å²) in [7, 11) is 0. The topological polar surface area (TPSA) is 95.9 Å². The van der Waals surface area contributed by atoms with Gasteiger partial charge in [0.15, 0.2) is 0 Å². The maximum absolute atomic E-state index is 12.5. The van der Waals surface area contributed by atoms with Gasteiger partial charge in [0, 0.05) is 12.8 Å². The van der Waals surface area contributed by atoms with Crippen molar-refractivity contribution >= 4 is 11.9 Å². The average Bonchev–Trinajstić information content (AvgIpc) is 3.51. The Balaban J connectivity index is 3.30. The van der Waals surface area contributed by atoms with Crippen molar-refractivity contribution in [3.63, 3.8) is 0 Å². The van der Waals surface area contributed by atoms with Gasteiger partial charge in [-0.15, -0.1) is 0 Å². The smallest absolute Gasteiger partial charge is 0.305 e. The molecular weight excluding hydrogens is 1050 g/mol. The second kappa shape index (κ2) is 75.5. The maximum atomic E-state index is 12.5. The molecule has 0 aliphatic heterocycles. The van der Waals surface area contributed by atoms with Gasteiger partial charge >= 0.3 is 5.97 Å². The summed E-state index contributed by atoms with van der Waals surface area (Å²) in [5, 5.41) is 23.2. The van der Waals surface area contributed by atoms with Crippen molar-refractivity contribution in [3.8, 4) is 0 Å². The van der Waals surface area contributed by atoms with Crippen LogP contribution in [0.3, 0.4) is 0 Å². The van der Waals surface area contributed by atoms with Crippen LogP contribution in [0.25, 0.3) is 0 Å². The first-order chi connectivity index (χ1) is 42.5. The fourth-order valence-corrected chi connectivity index (χ4v) is 12.4. The van der Waals surface area contributed by atoms with Crippen LogP contribution in [-0.2, 0) is 14.3 Å². The highest BCUT2D eigenvalue weighted by molar-refractivity contribution is 5.76. The summed E-state index contributed by atoms with van der Waals surface area (Å²) in [6, 6.07) is -0.623. The number of unbranched alkanes of at least 4 members (excludes halogenated alkanes) is 59. The van der Waals surface area contributed by atoms with E-state index in [0.717, 1.165) is 51.4 Å². The lowest BCUT2D eigenvalue weighted by Gasteiger charge is -2.20. The maximum Gasteiger partial charge on any atom is 0.305 e. The Bertz CT molecular complexity index is 1390. The minimum atomic E-state index is -0.839. The molecule has 0 saturated carbocycles. The quantitative estimate of drug-likeness (QED) is 0.0320. The number of allylic oxidation sites excluding steroid dienone is 5. The first kappa shape index (κ1) is 84.1. The zero-order chi connectivity index (χ0) is 62.0. The largest absolute Gasteiger partial charge is 0.466 e. The van der Waals surface area contributed by atoms with Gasteiger partial charge in [-0.25, -0.2) is 0 Å². The predicted molar refractivity (Wildman–Crippen MR) is 379 cm³/mol. The average molecular weight is 1210 g/mol. The molecule has 0 aromatic rings. The zero-order valence-corrected chi connectivity index (χ0v) is 58.3. The van der Waals surface area contributed by atoms with Crippen molar-refractivity contribution < 1.29 is 24.5 Å². The van der Waals surface area contributed by atoms with Gasteiger partial charge in [0.05, 0.1) is 25.4 Å². The van der Waals surface area contributed by atoms with Gasteiger partial charge in [-0.05, 0) is 64.2 Å². The van der Waals surface area contributed by atoms with Crippen LogP contribution >= 0.6 is 0 Å². The Labute approximate surface area is 538 Å². The fraction of sp³-hybridized carbons (Fsp3) is 0.900. The summed E-state index contributed by atoms with van der Waals surface area (Å²) in [6.45, 7) is 4.91. The highest BCUT2D eigenvalue weighted by Gasteiger charge is 2.18. The summed E-state index contributed by atoms with van der Waals surface area (Å²) < 4.78 is 5.50. The van der Waals surface area contributed by atoms with Crippen LogP contribution < -0.4 is 5.32 Å². The van der Waals surface area contributed by atoms with Gasteiger partial charge in [-0.3, -0.25) is 9.59 Å². The first-order valence-corrected chi connectivity index (χ1v) is 39.3. The minimum absolute atomic E-state index is 0.0109. The van der Waals surface area contributed by atoms with Crippen LogP contribution in [0.5, 0.6) is 0 Å². The molecule has 0 fully saturated rings. The number of hydrogen-bond acceptors (Lipinski definition) is 5. The van der Waals surface area contributed by atoms with Crippen molar-refractivity contribution in [1.82, 2.24) is 5.32 Å². The summed E-state index contributed by atoms with van der Waals surface area (Å²) in [6.07, 6.45) is 98.5. The predicted octanol–water partition coefficient (Wildman–Crippen LogP) is 25.8. The molecule has 6 heteroatoms. The van der Waals surface area contributed by atoms with Crippen LogP contribution in [0.1, 0.15) is 438 Å². The summed E-state index contributed by atoms with van der Waals surface area (Å²) in [5.41, 5.74) is 0. The van der Waals surface area contributed by atoms with E-state index in [9.17, 15) is 19.8 Å². The molecule has 86 heavy (non-hydrogen) atoms. The van der Waals surface area contributed by atoms with Crippen LogP contribution in [0.2, 0.25) is 0 Å². The minimum Gasteiger partial charge on any atom is -0.466 e. The Kier molecular flexibility index (Phi) is 73.9. The molecule has 1 amide bonds. The molecule has 0 spiro atoms. The lowest BCUT2D eigenvalue weighted by Crippen LogP contribution is -2.45. The van der Waals surface area contributed by atoms with Crippen molar-refractivity contribution in [2.75, 3.05) is 13.2 Å². The van der Waals surface area contributed by atoms with Crippen LogP contribution in [0.15, 0.2) is 36.5 Å². The molecule has 2 atom stereocenters. The number of esters is 1. The molecule has 0 aliphatic rings. The van der Waals surface area contributed by atoms with E-state index in [1.807, 2.05) is 6.08 Å². The number of carbonyl (C=O) groups is 2. The van der Waals surface area contributed by atoms with Crippen molar-refractivity contribution in [3.05, 3.63) is 36.5 Å². The third-order valence-corrected chi connectivity index (χ3v) is 18.4. The number of ether oxygens (including phenoxy) is 1. The second-order valence-electron chi connectivity index (χ2n) is 27.0. The fourth-order valence-electron chi connectivity index (χ4n) is 12.4. The van der Waals surface area contributed by atoms with E-state index in [2.05, 4.69) is 43.5 Å². The molecule has 0 radical (unpaired) electrons. The summed E-state index contributed by atoms with van der Waals surface area (Å²) >= 11 is 0. The Morgan fingerprint density at radius 3 is 0.895 bits per heavy atom. The van der Waals surface area contributed by atoms with E-state index in [-0.39, 0.29) is 18.5 Å². The van der Waals surface area contributed by atoms with Gasteiger partial charge in [0.1, 0.15) is 0 Å². The molecule has 0 bridgehead atoms. The molecule has 6 nitrogen and oxygen atoms in total. The Morgan fingerprint density at radius 1 is 0.326 bits per heavy atom. The van der Waals surface area contributed by atoms with Crippen LogP contribution in [-0.4, -0.2) is 47.4 Å². The number of nitrogens with one attached hydrogen (secondary N) is 1. The lowest BCUT2D eigenvalue weighted by atomic mass is 10.0. The van der Waals surface area contributed by atoms with Gasteiger partial charge in [0.2, 0.25) is 5.91 Å². The number of aliphatic hydroxyl groups excluding tert-OH is 2. The highest BCUT2D eigenvalue weighted by atomic mass is 16.5. The lowest BCUT2D eigenvalue weighted by molar-refractivity contribution is -0.143. The molecule has 508 valence electrons. The standard InChI is InChI=1S/C80H153NO5/c1-3-5-7-9-11-13-15-17-19-46-50-54-58-62-66-70-74-80(85)86-75-71-67-63-59-55-51-47-44-42-40-38-36-34-32-30-28-26-24-22-20-21-23-25-27-29-31-33-35-37-39-41-43-45-49-53-57-61-65-69-73-79(84)81-77(76-82)78(83)72-68-64-60-56-52-48-18-16-14-12-10-8-6-4-2/h13,15,19,46,68,72,77-78,82-83H,3-12,14,16-18,20-45,47-67,69-71,73-76H2,1-2H3,(H,81,84)/b15-13-,46-19-,72-68+. The summed E-state index contributed by atoms with van der Waals surface area (Å²) in [4.78, 5) is 24.6. The molecule has 0 rings (SSSR count). The third kappa shape index (κ3) is 71.2. The normalized spacial score (nSPS) is 12.7. The molecule has 0 heterocycles. The SMILES string of the molecule is CCCCCC/C=C\C/C=C\CCCCCCCC(=O)OCCCCCCCCCCCCCCCCCCCCCCCCCCCCCCCCCCCCCCCCCC(=O)NC(CO)C(O)/C=C/CCCCCCCCCCCCCC. The first-order valence-electron chi connectivity index (χ1n) is 39.3. The van der Waals surface area contributed by atoms with E-state index < -0.39 is 12.1 Å². The molecular formula is C80H153NO5. The van der Waals surface area contributed by atoms with Gasteiger partial charge < -0.3 is 20.3 Å². The molecule has 0 aromatic heterocycles. The van der Waals surface area contributed by atoms with E-state index in [1.54, 1.807) is 6.08 Å². The van der Waals surface area contributed by atoms with Gasteiger partial charge in [0.25, 0.3) is 0 Å². The monoisotopic (exact) mass is 1210 g/mol. The van der Waals surface area contributed by atoms with E-state index >= 15 is 0 Å². The zero-order valence-electron chi connectivity index (χ0n) is 58.3. The highest BCUT2D eigenvalue weighted by Crippen LogP contribution is 2.20. The van der Waals surface area contributed by atoms with Crippen LogP contribution in [0, 0.1) is 0 Å². The van der Waals surface area contributed by atoms with E-state index in [4.69, 9.17) is 4.74 Å². The number of rotatable bonds is 74. The van der Waals surface area contributed by atoms with Gasteiger partial charge in [-0.1, -0.05) is 397 Å². The second-order valence-corrected chi connectivity index (χ2v) is 27.0. The number of aliphatic hydroxyl groups is 2. The van der Waals surface area contributed by atoms with Crippen LogP contribution in [0.4, 0.5) is 0 Å². The number of amides is 1. The number of carbonyl (C=O) groups excluding carboxylic acids is 2. The third-order valence-electron chi connectivity index (χ3n) is 18.4. The summed E-state index contributed by atoms with van der Waals surface area (Å²) in [5.74, 6) is -0.0487. The van der Waals surface area contributed by atoms with Crippen molar-refractivity contribution in [2.45, 2.75) is 450 Å². The molecule has 0 aliphatic carbocycles. The van der Waals surface area contributed by atoms with Crippen molar-refractivity contribution in [2.24, 2.45) is 0 Å². The number of hydrogen-bond donors (Lipinski definition) is 3. The molecule has 2 unspecified atom stereocenters. The Hall–Kier alpha value is -1.92. The van der Waals surface area contributed by atoms with Gasteiger partial charge in [-0.2, -0.15) is 0 Å². The van der Waals surface area contributed by atoms with Crippen molar-refractivity contribution in [1.29, 1.82) is 0 Å². The van der Waals surface area contributed by atoms with E-state index in [1.165, 1.54) is 360 Å². The molecule has 0 aromatic carbocycles. The van der Waals surface area contributed by atoms with E-state index in [0.29, 0.717) is 19.4 Å².